The topological polar surface area (TPSA) is 87.7 Å². The summed E-state index contributed by atoms with van der Waals surface area (Å²) in [7, 11) is 0. The molecule has 1 heterocycles. The van der Waals surface area contributed by atoms with Crippen LogP contribution >= 0.6 is 0 Å². The molecule has 0 spiro atoms. The maximum absolute atomic E-state index is 11.7. The number of ether oxygens (including phenoxy) is 1. The Kier molecular flexibility index (Phi) is 4.95. The molecule has 1 atom stereocenters. The van der Waals surface area contributed by atoms with Crippen LogP contribution in [0.25, 0.3) is 0 Å². The van der Waals surface area contributed by atoms with Gasteiger partial charge in [-0.1, -0.05) is 20.8 Å². The molecule has 104 valence electrons. The fraction of sp³-hybridized carbons (Fsp3) is 0.833. The van der Waals surface area contributed by atoms with E-state index in [2.05, 4.69) is 10.6 Å². The Balaban J connectivity index is 2.48. The number of aliphatic carboxylic acids is 1. The number of carbonyl (C=O) groups excluding carboxylic acids is 1. The lowest BCUT2D eigenvalue weighted by atomic mass is 9.87. The zero-order chi connectivity index (χ0) is 13.8. The van der Waals surface area contributed by atoms with Crippen molar-refractivity contribution in [3.8, 4) is 0 Å². The molecule has 0 radical (unpaired) electrons. The molecule has 1 saturated heterocycles. The Morgan fingerprint density at radius 3 is 2.28 bits per heavy atom. The highest BCUT2D eigenvalue weighted by atomic mass is 16.5. The molecule has 1 aliphatic rings. The van der Waals surface area contributed by atoms with Crippen molar-refractivity contribution < 1.29 is 19.4 Å². The molecule has 0 aliphatic carbocycles. The molecular weight excluding hydrogens is 236 g/mol. The third kappa shape index (κ3) is 4.52. The quantitative estimate of drug-likeness (QED) is 0.703. The maximum atomic E-state index is 11.7. The van der Waals surface area contributed by atoms with Gasteiger partial charge in [-0.15, -0.1) is 0 Å². The zero-order valence-electron chi connectivity index (χ0n) is 11.2. The first-order valence-corrected chi connectivity index (χ1v) is 6.18. The fourth-order valence-electron chi connectivity index (χ4n) is 1.85. The molecule has 0 aromatic heterocycles. The number of urea groups is 1. The molecule has 1 aliphatic heterocycles. The summed E-state index contributed by atoms with van der Waals surface area (Å²) in [5.74, 6) is -1.02. The van der Waals surface area contributed by atoms with Crippen molar-refractivity contribution in [1.82, 2.24) is 10.6 Å². The van der Waals surface area contributed by atoms with Gasteiger partial charge in [-0.3, -0.25) is 0 Å². The Bertz CT molecular complexity index is 306. The van der Waals surface area contributed by atoms with Crippen molar-refractivity contribution in [2.24, 2.45) is 5.41 Å². The van der Waals surface area contributed by atoms with Crippen LogP contribution in [0.1, 0.15) is 33.6 Å². The van der Waals surface area contributed by atoms with Gasteiger partial charge in [0.2, 0.25) is 0 Å². The fourth-order valence-corrected chi connectivity index (χ4v) is 1.85. The predicted octanol–water partition coefficient (Wildman–Crippen LogP) is 0.964. The van der Waals surface area contributed by atoms with Gasteiger partial charge in [0, 0.05) is 19.3 Å². The number of hydrogen-bond donors (Lipinski definition) is 3. The van der Waals surface area contributed by atoms with Crippen LogP contribution in [0.3, 0.4) is 0 Å². The van der Waals surface area contributed by atoms with E-state index in [1.165, 1.54) is 0 Å². The number of rotatable bonds is 3. The van der Waals surface area contributed by atoms with Gasteiger partial charge in [-0.2, -0.15) is 0 Å². The van der Waals surface area contributed by atoms with E-state index in [1.807, 2.05) is 0 Å². The molecule has 0 aromatic carbocycles. The largest absolute Gasteiger partial charge is 0.480 e. The van der Waals surface area contributed by atoms with E-state index in [-0.39, 0.29) is 6.04 Å². The zero-order valence-corrected chi connectivity index (χ0v) is 11.2. The molecule has 3 N–H and O–H groups in total. The minimum Gasteiger partial charge on any atom is -0.480 e. The van der Waals surface area contributed by atoms with Gasteiger partial charge in [0.05, 0.1) is 0 Å². The first-order chi connectivity index (χ1) is 8.30. The van der Waals surface area contributed by atoms with Crippen molar-refractivity contribution >= 4 is 12.0 Å². The van der Waals surface area contributed by atoms with Gasteiger partial charge in [0.25, 0.3) is 0 Å². The molecule has 18 heavy (non-hydrogen) atoms. The summed E-state index contributed by atoms with van der Waals surface area (Å²) in [5.41, 5.74) is -0.529. The summed E-state index contributed by atoms with van der Waals surface area (Å²) < 4.78 is 5.19. The summed E-state index contributed by atoms with van der Waals surface area (Å²) >= 11 is 0. The van der Waals surface area contributed by atoms with Crippen molar-refractivity contribution in [3.63, 3.8) is 0 Å². The Morgan fingerprint density at radius 2 is 1.83 bits per heavy atom. The molecule has 6 nitrogen and oxygen atoms in total. The summed E-state index contributed by atoms with van der Waals surface area (Å²) in [5, 5.41) is 14.4. The van der Waals surface area contributed by atoms with Gasteiger partial charge in [0.1, 0.15) is 6.04 Å². The van der Waals surface area contributed by atoms with Crippen LogP contribution in [0.4, 0.5) is 4.79 Å². The molecular formula is C12H22N2O4. The van der Waals surface area contributed by atoms with E-state index in [0.717, 1.165) is 12.8 Å². The highest BCUT2D eigenvalue weighted by Gasteiger charge is 2.33. The highest BCUT2D eigenvalue weighted by Crippen LogP contribution is 2.19. The van der Waals surface area contributed by atoms with E-state index in [9.17, 15) is 9.59 Å². The van der Waals surface area contributed by atoms with Crippen LogP contribution in [-0.4, -0.2) is 42.4 Å². The number of carboxylic acids is 1. The minimum absolute atomic E-state index is 0.0631. The lowest BCUT2D eigenvalue weighted by molar-refractivity contribution is -0.141. The van der Waals surface area contributed by atoms with Gasteiger partial charge >= 0.3 is 12.0 Å². The summed E-state index contributed by atoms with van der Waals surface area (Å²) in [6.07, 6.45) is 1.53. The third-order valence-corrected chi connectivity index (χ3v) is 2.94. The average Bonchev–Trinajstić information content (AvgIpc) is 2.25. The standard InChI is InChI=1S/C12H22N2O4/c1-12(2,3)9(10(15)16)14-11(17)13-8-4-6-18-7-5-8/h8-9H,4-7H2,1-3H3,(H,15,16)(H2,13,14,17). The Hall–Kier alpha value is -1.30. The number of carbonyl (C=O) groups is 2. The minimum atomic E-state index is -1.02. The van der Waals surface area contributed by atoms with Crippen molar-refractivity contribution in [2.75, 3.05) is 13.2 Å². The van der Waals surface area contributed by atoms with Crippen LogP contribution in [0.2, 0.25) is 0 Å². The molecule has 2 amide bonds. The van der Waals surface area contributed by atoms with E-state index in [0.29, 0.717) is 13.2 Å². The monoisotopic (exact) mass is 258 g/mol. The molecule has 1 unspecified atom stereocenters. The third-order valence-electron chi connectivity index (χ3n) is 2.94. The molecule has 0 aromatic rings. The van der Waals surface area contributed by atoms with E-state index in [1.54, 1.807) is 20.8 Å². The lowest BCUT2D eigenvalue weighted by Crippen LogP contribution is -2.54. The summed E-state index contributed by atoms with van der Waals surface area (Å²) in [6, 6.07) is -1.27. The highest BCUT2D eigenvalue weighted by molar-refractivity contribution is 5.83. The maximum Gasteiger partial charge on any atom is 0.326 e. The second-order valence-corrected chi connectivity index (χ2v) is 5.64. The number of amides is 2. The smallest absolute Gasteiger partial charge is 0.326 e. The average molecular weight is 258 g/mol. The normalized spacial score (nSPS) is 19.1. The van der Waals surface area contributed by atoms with Crippen LogP contribution in [0, 0.1) is 5.41 Å². The van der Waals surface area contributed by atoms with Crippen LogP contribution < -0.4 is 10.6 Å². The van der Waals surface area contributed by atoms with Crippen LogP contribution in [0.15, 0.2) is 0 Å². The number of carboxylic acid groups (broad SMARTS) is 1. The SMILES string of the molecule is CC(C)(C)C(NC(=O)NC1CCOCC1)C(=O)O. The Labute approximate surface area is 107 Å². The molecule has 6 heteroatoms. The lowest BCUT2D eigenvalue weighted by Gasteiger charge is -2.29. The Morgan fingerprint density at radius 1 is 1.28 bits per heavy atom. The first-order valence-electron chi connectivity index (χ1n) is 6.18. The van der Waals surface area contributed by atoms with Crippen molar-refractivity contribution in [1.29, 1.82) is 0 Å². The van der Waals surface area contributed by atoms with E-state index in [4.69, 9.17) is 9.84 Å². The van der Waals surface area contributed by atoms with Gasteiger partial charge < -0.3 is 20.5 Å². The second-order valence-electron chi connectivity index (χ2n) is 5.64. The number of hydrogen-bond acceptors (Lipinski definition) is 3. The van der Waals surface area contributed by atoms with Gasteiger partial charge in [-0.25, -0.2) is 9.59 Å². The van der Waals surface area contributed by atoms with Crippen molar-refractivity contribution in [3.05, 3.63) is 0 Å². The number of nitrogens with one attached hydrogen (secondary N) is 2. The van der Waals surface area contributed by atoms with Crippen LogP contribution in [0.5, 0.6) is 0 Å². The molecule has 1 rings (SSSR count). The molecule has 0 saturated carbocycles. The van der Waals surface area contributed by atoms with E-state index >= 15 is 0 Å². The van der Waals surface area contributed by atoms with E-state index < -0.39 is 23.5 Å². The summed E-state index contributed by atoms with van der Waals surface area (Å²) in [6.45, 7) is 6.60. The first kappa shape index (κ1) is 14.8. The van der Waals surface area contributed by atoms with Crippen LogP contribution in [-0.2, 0) is 9.53 Å². The van der Waals surface area contributed by atoms with Gasteiger partial charge in [0.15, 0.2) is 0 Å². The molecule has 0 bridgehead atoms. The van der Waals surface area contributed by atoms with Gasteiger partial charge in [-0.05, 0) is 18.3 Å². The van der Waals surface area contributed by atoms with Crippen molar-refractivity contribution in [2.45, 2.75) is 45.7 Å². The summed E-state index contributed by atoms with van der Waals surface area (Å²) in [4.78, 5) is 22.9. The second kappa shape index (κ2) is 6.04. The predicted molar refractivity (Wildman–Crippen MR) is 66.4 cm³/mol. The molecule has 1 fully saturated rings.